The standard InChI is InChI=1S/C18H27ClN2O3/c1-12(2)15-9-21(10-16(15)20(3)4)8-13-7-14(19)5-6-17(13)24-11-18(22)23/h5-7,12,15-16H,8-11H2,1-4H3,(H,22,23)/t15-,16+/m0/s1. The van der Waals surface area contributed by atoms with E-state index in [1.54, 1.807) is 12.1 Å². The topological polar surface area (TPSA) is 53.0 Å². The van der Waals surface area contributed by atoms with E-state index in [2.05, 4.69) is 37.7 Å². The summed E-state index contributed by atoms with van der Waals surface area (Å²) in [5.74, 6) is 0.841. The molecule has 2 rings (SSSR count). The monoisotopic (exact) mass is 354 g/mol. The number of halogens is 1. The van der Waals surface area contributed by atoms with Crippen molar-refractivity contribution in [2.24, 2.45) is 11.8 Å². The van der Waals surface area contributed by atoms with Crippen LogP contribution in [0, 0.1) is 11.8 Å². The minimum atomic E-state index is -0.982. The Morgan fingerprint density at radius 1 is 1.42 bits per heavy atom. The van der Waals surface area contributed by atoms with Crippen LogP contribution in [0.25, 0.3) is 0 Å². The van der Waals surface area contributed by atoms with Crippen LogP contribution in [0.15, 0.2) is 18.2 Å². The van der Waals surface area contributed by atoms with Crippen molar-refractivity contribution >= 4 is 17.6 Å². The number of carboxylic acids is 1. The van der Waals surface area contributed by atoms with Crippen LogP contribution in [0.3, 0.4) is 0 Å². The third-order valence-electron chi connectivity index (χ3n) is 4.70. The lowest BCUT2D eigenvalue weighted by atomic mass is 9.91. The molecular weight excluding hydrogens is 328 g/mol. The Kier molecular flexibility index (Phi) is 6.49. The molecule has 1 aliphatic rings. The van der Waals surface area contributed by atoms with E-state index < -0.39 is 5.97 Å². The van der Waals surface area contributed by atoms with Gasteiger partial charge in [-0.2, -0.15) is 0 Å². The predicted molar refractivity (Wildman–Crippen MR) is 95.7 cm³/mol. The Balaban J connectivity index is 2.12. The predicted octanol–water partition coefficient (Wildman–Crippen LogP) is 2.82. The molecule has 0 unspecified atom stereocenters. The van der Waals surface area contributed by atoms with Crippen LogP contribution in [-0.4, -0.2) is 60.7 Å². The summed E-state index contributed by atoms with van der Waals surface area (Å²) >= 11 is 6.12. The maximum atomic E-state index is 10.8. The van der Waals surface area contributed by atoms with Crippen LogP contribution >= 0.6 is 11.6 Å². The fourth-order valence-electron chi connectivity index (χ4n) is 3.42. The van der Waals surface area contributed by atoms with Crippen LogP contribution in [0.2, 0.25) is 5.02 Å². The number of benzene rings is 1. The fourth-order valence-corrected chi connectivity index (χ4v) is 3.61. The molecule has 0 bridgehead atoms. The van der Waals surface area contributed by atoms with Gasteiger partial charge >= 0.3 is 5.97 Å². The van der Waals surface area contributed by atoms with Gasteiger partial charge in [0.05, 0.1) is 0 Å². The zero-order valence-corrected chi connectivity index (χ0v) is 15.6. The smallest absolute Gasteiger partial charge is 0.341 e. The molecule has 0 saturated carbocycles. The second kappa shape index (κ2) is 8.19. The molecule has 2 atom stereocenters. The molecule has 1 fully saturated rings. The highest BCUT2D eigenvalue weighted by atomic mass is 35.5. The zero-order chi connectivity index (χ0) is 17.9. The van der Waals surface area contributed by atoms with Crippen molar-refractivity contribution in [1.82, 2.24) is 9.80 Å². The molecule has 1 aromatic carbocycles. The molecule has 0 amide bonds. The first-order valence-electron chi connectivity index (χ1n) is 8.29. The maximum absolute atomic E-state index is 10.8. The summed E-state index contributed by atoms with van der Waals surface area (Å²) in [5.41, 5.74) is 0.936. The third-order valence-corrected chi connectivity index (χ3v) is 4.93. The van der Waals surface area contributed by atoms with Crippen LogP contribution in [0.1, 0.15) is 19.4 Å². The molecule has 0 aliphatic carbocycles. The average molecular weight is 355 g/mol. The highest BCUT2D eigenvalue weighted by Crippen LogP contribution is 2.31. The van der Waals surface area contributed by atoms with Gasteiger partial charge < -0.3 is 14.7 Å². The van der Waals surface area contributed by atoms with Crippen molar-refractivity contribution < 1.29 is 14.6 Å². The van der Waals surface area contributed by atoms with Gasteiger partial charge in [0.25, 0.3) is 0 Å². The Morgan fingerprint density at radius 2 is 2.12 bits per heavy atom. The number of rotatable bonds is 7. The summed E-state index contributed by atoms with van der Waals surface area (Å²) in [7, 11) is 4.26. The van der Waals surface area contributed by atoms with E-state index in [1.807, 2.05) is 6.07 Å². The van der Waals surface area contributed by atoms with Gasteiger partial charge in [-0.05, 0) is 44.1 Å². The number of carbonyl (C=O) groups is 1. The second-order valence-electron chi connectivity index (χ2n) is 7.07. The Hall–Kier alpha value is -1.30. The van der Waals surface area contributed by atoms with Gasteiger partial charge in [-0.25, -0.2) is 4.79 Å². The Morgan fingerprint density at radius 3 is 2.67 bits per heavy atom. The summed E-state index contributed by atoms with van der Waals surface area (Å²) in [6.45, 7) is 6.91. The van der Waals surface area contributed by atoms with E-state index in [0.29, 0.717) is 35.2 Å². The molecule has 1 saturated heterocycles. The third kappa shape index (κ3) is 4.85. The number of ether oxygens (including phenoxy) is 1. The van der Waals surface area contributed by atoms with E-state index >= 15 is 0 Å². The van der Waals surface area contributed by atoms with Crippen LogP contribution < -0.4 is 4.74 Å². The van der Waals surface area contributed by atoms with E-state index in [1.165, 1.54) is 0 Å². The van der Waals surface area contributed by atoms with Gasteiger partial charge in [-0.1, -0.05) is 25.4 Å². The van der Waals surface area contributed by atoms with E-state index in [4.69, 9.17) is 21.4 Å². The molecule has 1 aromatic rings. The van der Waals surface area contributed by atoms with Crippen molar-refractivity contribution in [1.29, 1.82) is 0 Å². The molecular formula is C18H27ClN2O3. The number of hydrogen-bond donors (Lipinski definition) is 1. The van der Waals surface area contributed by atoms with Crippen molar-refractivity contribution in [3.8, 4) is 5.75 Å². The van der Waals surface area contributed by atoms with Gasteiger partial charge in [-0.15, -0.1) is 0 Å². The number of likely N-dealkylation sites (tertiary alicyclic amines) is 1. The maximum Gasteiger partial charge on any atom is 0.341 e. The fraction of sp³-hybridized carbons (Fsp3) is 0.611. The van der Waals surface area contributed by atoms with Gasteiger partial charge in [-0.3, -0.25) is 4.90 Å². The van der Waals surface area contributed by atoms with E-state index in [-0.39, 0.29) is 6.61 Å². The SMILES string of the molecule is CC(C)[C@@H]1CN(Cc2cc(Cl)ccc2OCC(=O)O)C[C@H]1N(C)C. The number of aliphatic carboxylic acids is 1. The molecule has 1 aliphatic heterocycles. The highest BCUT2D eigenvalue weighted by molar-refractivity contribution is 6.30. The molecule has 0 radical (unpaired) electrons. The first kappa shape index (κ1) is 19.0. The lowest BCUT2D eigenvalue weighted by Crippen LogP contribution is -2.37. The molecule has 24 heavy (non-hydrogen) atoms. The zero-order valence-electron chi connectivity index (χ0n) is 14.8. The van der Waals surface area contributed by atoms with Gasteiger partial charge in [0.2, 0.25) is 0 Å². The van der Waals surface area contributed by atoms with Crippen LogP contribution in [0.5, 0.6) is 5.75 Å². The summed E-state index contributed by atoms with van der Waals surface area (Å²) in [5, 5.41) is 9.46. The van der Waals surface area contributed by atoms with Crippen molar-refractivity contribution in [3.05, 3.63) is 28.8 Å². The van der Waals surface area contributed by atoms with Crippen molar-refractivity contribution in [2.45, 2.75) is 26.4 Å². The molecule has 5 nitrogen and oxygen atoms in total. The van der Waals surface area contributed by atoms with E-state index in [9.17, 15) is 4.79 Å². The molecule has 1 N–H and O–H groups in total. The minimum absolute atomic E-state index is 0.344. The van der Waals surface area contributed by atoms with Gasteiger partial charge in [0.1, 0.15) is 5.75 Å². The quantitative estimate of drug-likeness (QED) is 0.816. The molecule has 1 heterocycles. The normalized spacial score (nSPS) is 21.6. The summed E-state index contributed by atoms with van der Waals surface area (Å²) in [6, 6.07) is 5.87. The lowest BCUT2D eigenvalue weighted by molar-refractivity contribution is -0.139. The minimum Gasteiger partial charge on any atom is -0.482 e. The molecule has 134 valence electrons. The molecule has 0 spiro atoms. The Labute approximate surface area is 149 Å². The van der Waals surface area contributed by atoms with Gasteiger partial charge in [0, 0.05) is 36.3 Å². The van der Waals surface area contributed by atoms with Crippen molar-refractivity contribution in [2.75, 3.05) is 33.8 Å². The highest BCUT2D eigenvalue weighted by Gasteiger charge is 2.35. The number of nitrogens with zero attached hydrogens (tertiary/aromatic N) is 2. The number of likely N-dealkylation sites (N-methyl/N-ethyl adjacent to an activating group) is 1. The number of carboxylic acid groups (broad SMARTS) is 1. The lowest BCUT2D eigenvalue weighted by Gasteiger charge is -2.27. The summed E-state index contributed by atoms with van der Waals surface area (Å²) < 4.78 is 5.42. The average Bonchev–Trinajstić information content (AvgIpc) is 2.90. The largest absolute Gasteiger partial charge is 0.482 e. The molecule has 6 heteroatoms. The Bertz CT molecular complexity index is 561. The van der Waals surface area contributed by atoms with Crippen LogP contribution in [-0.2, 0) is 11.3 Å². The van der Waals surface area contributed by atoms with Crippen molar-refractivity contribution in [3.63, 3.8) is 0 Å². The van der Waals surface area contributed by atoms with Crippen LogP contribution in [0.4, 0.5) is 0 Å². The molecule has 0 aromatic heterocycles. The van der Waals surface area contributed by atoms with Gasteiger partial charge in [0.15, 0.2) is 6.61 Å². The summed E-state index contributed by atoms with van der Waals surface area (Å²) in [6.07, 6.45) is 0. The van der Waals surface area contributed by atoms with E-state index in [0.717, 1.165) is 18.7 Å². The summed E-state index contributed by atoms with van der Waals surface area (Å²) in [4.78, 5) is 15.5. The first-order valence-corrected chi connectivity index (χ1v) is 8.67. The first-order chi connectivity index (χ1) is 11.3. The second-order valence-corrected chi connectivity index (χ2v) is 7.50. The number of hydrogen-bond acceptors (Lipinski definition) is 4.